The van der Waals surface area contributed by atoms with E-state index in [1.165, 1.54) is 0 Å². The van der Waals surface area contributed by atoms with Crippen molar-refractivity contribution in [3.63, 3.8) is 0 Å². The van der Waals surface area contributed by atoms with Gasteiger partial charge in [0.15, 0.2) is 0 Å². The molecule has 64 valence electrons. The highest BCUT2D eigenvalue weighted by atomic mass is 32.1. The topological polar surface area (TPSA) is 66.0 Å². The first-order valence-electron chi connectivity index (χ1n) is 3.36. The Kier molecular flexibility index (Phi) is 2.54. The van der Waals surface area contributed by atoms with Crippen molar-refractivity contribution in [1.82, 2.24) is 10.2 Å². The highest BCUT2D eigenvalue weighted by molar-refractivity contribution is 7.82. The number of thiocarbonyl (C=S) groups is 1. The molecule has 1 heterocycles. The number of hydrogen-bond acceptors (Lipinski definition) is 3. The van der Waals surface area contributed by atoms with Crippen LogP contribution in [0.4, 0.5) is 0 Å². The summed E-state index contributed by atoms with van der Waals surface area (Å²) in [6.07, 6.45) is 0.217. The van der Waals surface area contributed by atoms with Gasteiger partial charge in [0.25, 0.3) is 0 Å². The number of hydrogen-bond donors (Lipinski definition) is 2. The van der Waals surface area contributed by atoms with Crippen LogP contribution in [0.15, 0.2) is 6.07 Å². The van der Waals surface area contributed by atoms with E-state index in [2.05, 4.69) is 22.4 Å². The number of nitrogens with one attached hydrogen (secondary N) is 1. The standard InChI is InChI=1S/C7H8N2O2S/c1-4-2-5(9-8-4)3-6(12)7(10)11/h2H,3H2,1H3,(H,8,9)(H,10,11). The van der Waals surface area contributed by atoms with Gasteiger partial charge in [-0.2, -0.15) is 5.10 Å². The molecular weight excluding hydrogens is 176 g/mol. The molecule has 12 heavy (non-hydrogen) atoms. The summed E-state index contributed by atoms with van der Waals surface area (Å²) in [4.78, 5) is 10.3. The number of H-pyrrole nitrogens is 1. The Morgan fingerprint density at radius 2 is 2.50 bits per heavy atom. The molecule has 4 nitrogen and oxygen atoms in total. The van der Waals surface area contributed by atoms with E-state index in [4.69, 9.17) is 5.11 Å². The molecule has 2 N–H and O–H groups in total. The third-order valence-electron chi connectivity index (χ3n) is 1.34. The fourth-order valence-corrected chi connectivity index (χ4v) is 0.953. The maximum atomic E-state index is 10.3. The molecule has 0 saturated carbocycles. The van der Waals surface area contributed by atoms with E-state index in [0.717, 1.165) is 5.69 Å². The predicted octanol–water partition coefficient (Wildman–Crippen LogP) is 0.715. The molecule has 0 fully saturated rings. The Morgan fingerprint density at radius 1 is 1.83 bits per heavy atom. The maximum absolute atomic E-state index is 10.3. The minimum absolute atomic E-state index is 0.0125. The van der Waals surface area contributed by atoms with Crippen molar-refractivity contribution < 1.29 is 9.90 Å². The molecule has 0 aliphatic carbocycles. The lowest BCUT2D eigenvalue weighted by Gasteiger charge is -1.91. The number of nitrogens with zero attached hydrogens (tertiary/aromatic N) is 1. The van der Waals surface area contributed by atoms with E-state index < -0.39 is 5.97 Å². The zero-order chi connectivity index (χ0) is 9.14. The number of aliphatic carboxylic acids is 1. The summed E-state index contributed by atoms with van der Waals surface area (Å²) in [5, 5.41) is 15.0. The Balaban J connectivity index is 2.64. The molecule has 1 aromatic rings. The van der Waals surface area contributed by atoms with Gasteiger partial charge in [-0.05, 0) is 13.0 Å². The van der Waals surface area contributed by atoms with Crippen LogP contribution in [-0.2, 0) is 11.2 Å². The van der Waals surface area contributed by atoms with E-state index in [9.17, 15) is 4.79 Å². The second-order valence-corrected chi connectivity index (χ2v) is 2.94. The lowest BCUT2D eigenvalue weighted by molar-refractivity contribution is -0.129. The third kappa shape index (κ3) is 2.13. The fourth-order valence-electron chi connectivity index (χ4n) is 0.805. The van der Waals surface area contributed by atoms with Gasteiger partial charge in [-0.15, -0.1) is 0 Å². The molecule has 0 bridgehead atoms. The second-order valence-electron chi connectivity index (χ2n) is 2.45. The number of aryl methyl sites for hydroxylation is 1. The quantitative estimate of drug-likeness (QED) is 0.679. The Bertz CT molecular complexity index is 319. The number of carboxylic acid groups (broad SMARTS) is 1. The molecule has 0 aliphatic heterocycles. The van der Waals surface area contributed by atoms with Gasteiger partial charge in [0.1, 0.15) is 4.86 Å². The minimum Gasteiger partial charge on any atom is -0.477 e. The summed E-state index contributed by atoms with van der Waals surface area (Å²) in [5.41, 5.74) is 1.57. The molecule has 0 aliphatic rings. The number of carboxylic acids is 1. The average Bonchev–Trinajstić information content (AvgIpc) is 2.35. The molecule has 0 saturated heterocycles. The molecule has 0 atom stereocenters. The van der Waals surface area contributed by atoms with Crippen LogP contribution < -0.4 is 0 Å². The van der Waals surface area contributed by atoms with Crippen LogP contribution >= 0.6 is 12.2 Å². The van der Waals surface area contributed by atoms with Crippen LogP contribution in [0.3, 0.4) is 0 Å². The third-order valence-corrected chi connectivity index (χ3v) is 1.66. The molecule has 0 radical (unpaired) electrons. The lowest BCUT2D eigenvalue weighted by atomic mass is 10.2. The van der Waals surface area contributed by atoms with E-state index >= 15 is 0 Å². The van der Waals surface area contributed by atoms with Gasteiger partial charge < -0.3 is 5.11 Å². The van der Waals surface area contributed by atoms with Crippen molar-refractivity contribution >= 4 is 23.1 Å². The number of rotatable bonds is 3. The van der Waals surface area contributed by atoms with Crippen LogP contribution in [0.25, 0.3) is 0 Å². The van der Waals surface area contributed by atoms with Gasteiger partial charge in [0.2, 0.25) is 0 Å². The van der Waals surface area contributed by atoms with E-state index in [1.807, 2.05) is 6.92 Å². The molecule has 0 amide bonds. The van der Waals surface area contributed by atoms with Crippen LogP contribution in [0.1, 0.15) is 11.4 Å². The second kappa shape index (κ2) is 3.44. The number of carbonyl (C=O) groups is 1. The van der Waals surface area contributed by atoms with Crippen LogP contribution in [0.2, 0.25) is 0 Å². The smallest absolute Gasteiger partial charge is 0.342 e. The summed E-state index contributed by atoms with van der Waals surface area (Å²) in [6.45, 7) is 1.85. The van der Waals surface area contributed by atoms with Gasteiger partial charge in [-0.3, -0.25) is 5.10 Å². The molecule has 0 spiro atoms. The maximum Gasteiger partial charge on any atom is 0.342 e. The SMILES string of the molecule is Cc1cc(CC(=S)C(=O)O)n[nH]1. The van der Waals surface area contributed by atoms with Gasteiger partial charge in [-0.1, -0.05) is 12.2 Å². The minimum atomic E-state index is -1.05. The van der Waals surface area contributed by atoms with Crippen LogP contribution in [-0.4, -0.2) is 26.1 Å². The summed E-state index contributed by atoms with van der Waals surface area (Å²) in [7, 11) is 0. The van der Waals surface area contributed by atoms with E-state index in [0.29, 0.717) is 5.69 Å². The Labute approximate surface area is 74.6 Å². The summed E-state index contributed by atoms with van der Waals surface area (Å²) in [6, 6.07) is 1.77. The molecular formula is C7H8N2O2S. The van der Waals surface area contributed by atoms with Gasteiger partial charge in [0.05, 0.1) is 5.69 Å². The molecule has 1 rings (SSSR count). The molecule has 0 aromatic carbocycles. The Morgan fingerprint density at radius 3 is 2.92 bits per heavy atom. The highest BCUT2D eigenvalue weighted by Gasteiger charge is 2.08. The lowest BCUT2D eigenvalue weighted by Crippen LogP contribution is -2.12. The van der Waals surface area contributed by atoms with E-state index in [-0.39, 0.29) is 11.3 Å². The van der Waals surface area contributed by atoms with E-state index in [1.54, 1.807) is 6.07 Å². The first kappa shape index (κ1) is 8.86. The zero-order valence-corrected chi connectivity index (χ0v) is 7.31. The van der Waals surface area contributed by atoms with Crippen LogP contribution in [0.5, 0.6) is 0 Å². The normalized spacial score (nSPS) is 9.75. The first-order chi connectivity index (χ1) is 5.59. The van der Waals surface area contributed by atoms with Gasteiger partial charge in [0, 0.05) is 12.1 Å². The molecule has 0 unspecified atom stereocenters. The number of aromatic nitrogens is 2. The zero-order valence-electron chi connectivity index (χ0n) is 6.50. The van der Waals surface area contributed by atoms with Crippen molar-refractivity contribution in [1.29, 1.82) is 0 Å². The Hall–Kier alpha value is -1.23. The van der Waals surface area contributed by atoms with Crippen LogP contribution in [0, 0.1) is 6.92 Å². The molecule has 5 heteroatoms. The van der Waals surface area contributed by atoms with Crippen molar-refractivity contribution in [3.05, 3.63) is 17.5 Å². The van der Waals surface area contributed by atoms with Gasteiger partial charge >= 0.3 is 5.97 Å². The highest BCUT2D eigenvalue weighted by Crippen LogP contribution is 2.00. The average molecular weight is 184 g/mol. The fraction of sp³-hybridized carbons (Fsp3) is 0.286. The first-order valence-corrected chi connectivity index (χ1v) is 3.77. The summed E-state index contributed by atoms with van der Waals surface area (Å²) in [5.74, 6) is -1.05. The largest absolute Gasteiger partial charge is 0.477 e. The summed E-state index contributed by atoms with van der Waals surface area (Å²) >= 11 is 4.62. The van der Waals surface area contributed by atoms with Crippen molar-refractivity contribution in [2.45, 2.75) is 13.3 Å². The van der Waals surface area contributed by atoms with Gasteiger partial charge in [-0.25, -0.2) is 4.79 Å². The van der Waals surface area contributed by atoms with Crippen molar-refractivity contribution in [2.75, 3.05) is 0 Å². The predicted molar refractivity (Wildman–Crippen MR) is 47.3 cm³/mol. The van der Waals surface area contributed by atoms with Crippen molar-refractivity contribution in [2.24, 2.45) is 0 Å². The molecule has 1 aromatic heterocycles. The number of aromatic amines is 1. The van der Waals surface area contributed by atoms with Crippen molar-refractivity contribution in [3.8, 4) is 0 Å². The monoisotopic (exact) mass is 184 g/mol. The summed E-state index contributed by atoms with van der Waals surface area (Å²) < 4.78 is 0.